The van der Waals surface area contributed by atoms with Crippen LogP contribution in [0.3, 0.4) is 0 Å². The minimum Gasteiger partial charge on any atom is -0.313 e. The Morgan fingerprint density at radius 2 is 2.15 bits per heavy atom. The van der Waals surface area contributed by atoms with Crippen molar-refractivity contribution in [3.05, 3.63) is 29.8 Å². The Labute approximate surface area is 117 Å². The maximum atomic E-state index is 13.7. The number of rotatable bonds is 4. The van der Waals surface area contributed by atoms with Crippen molar-refractivity contribution in [2.24, 2.45) is 0 Å². The largest absolute Gasteiger partial charge is 0.313 e. The van der Waals surface area contributed by atoms with Crippen LogP contribution in [0.4, 0.5) is 8.78 Å². The molecule has 20 heavy (non-hydrogen) atoms. The average Bonchev–Trinajstić information content (AvgIpc) is 2.39. The Hall–Kier alpha value is -1.05. The Morgan fingerprint density at radius 3 is 2.80 bits per heavy atom. The molecule has 1 aromatic rings. The third-order valence-electron chi connectivity index (χ3n) is 3.39. The standard InChI is InChI=1S/C13H18F2N2O2S/c1-2-16-11-4-3-7-17(9-11)20(18,19)13-6-5-10(14)8-12(13)15/h5-6,8,11,16H,2-4,7,9H2,1H3. The highest BCUT2D eigenvalue weighted by Gasteiger charge is 2.31. The first-order valence-corrected chi connectivity index (χ1v) is 8.07. The van der Waals surface area contributed by atoms with Crippen molar-refractivity contribution in [3.63, 3.8) is 0 Å². The number of hydrogen-bond acceptors (Lipinski definition) is 3. The van der Waals surface area contributed by atoms with Crippen LogP contribution in [-0.2, 0) is 10.0 Å². The van der Waals surface area contributed by atoms with Gasteiger partial charge in [0.15, 0.2) is 0 Å². The van der Waals surface area contributed by atoms with Gasteiger partial charge >= 0.3 is 0 Å². The first-order chi connectivity index (χ1) is 9.45. The number of benzene rings is 1. The van der Waals surface area contributed by atoms with Crippen LogP contribution in [0, 0.1) is 11.6 Å². The molecule has 1 atom stereocenters. The van der Waals surface area contributed by atoms with Gasteiger partial charge in [0.25, 0.3) is 0 Å². The molecule has 1 saturated heterocycles. The molecule has 1 aliphatic rings. The maximum Gasteiger partial charge on any atom is 0.246 e. The van der Waals surface area contributed by atoms with Crippen molar-refractivity contribution in [2.75, 3.05) is 19.6 Å². The molecule has 1 unspecified atom stereocenters. The number of halogens is 2. The van der Waals surface area contributed by atoms with Crippen LogP contribution in [0.5, 0.6) is 0 Å². The first-order valence-electron chi connectivity index (χ1n) is 6.63. The summed E-state index contributed by atoms with van der Waals surface area (Å²) in [6, 6.07) is 2.61. The number of piperidine rings is 1. The van der Waals surface area contributed by atoms with E-state index < -0.39 is 26.6 Å². The summed E-state index contributed by atoms with van der Waals surface area (Å²) in [6.07, 6.45) is 1.62. The predicted octanol–water partition coefficient (Wildman–Crippen LogP) is 1.73. The van der Waals surface area contributed by atoms with Gasteiger partial charge in [-0.05, 0) is 31.5 Å². The molecule has 0 aliphatic carbocycles. The van der Waals surface area contributed by atoms with Gasteiger partial charge in [-0.25, -0.2) is 17.2 Å². The summed E-state index contributed by atoms with van der Waals surface area (Å²) in [5.41, 5.74) is 0. The predicted molar refractivity (Wildman–Crippen MR) is 71.8 cm³/mol. The molecule has 1 aromatic carbocycles. The van der Waals surface area contributed by atoms with Gasteiger partial charge in [0.2, 0.25) is 10.0 Å². The van der Waals surface area contributed by atoms with Gasteiger partial charge in [-0.15, -0.1) is 0 Å². The number of hydrogen-bond donors (Lipinski definition) is 1. The van der Waals surface area contributed by atoms with Crippen molar-refractivity contribution >= 4 is 10.0 Å². The molecule has 2 rings (SSSR count). The van der Waals surface area contributed by atoms with Crippen molar-refractivity contribution < 1.29 is 17.2 Å². The molecule has 0 amide bonds. The smallest absolute Gasteiger partial charge is 0.246 e. The van der Waals surface area contributed by atoms with E-state index in [9.17, 15) is 17.2 Å². The lowest BCUT2D eigenvalue weighted by atomic mass is 10.1. The summed E-state index contributed by atoms with van der Waals surface area (Å²) in [7, 11) is -3.91. The van der Waals surface area contributed by atoms with Crippen molar-refractivity contribution in [1.82, 2.24) is 9.62 Å². The molecular formula is C13H18F2N2O2S. The minimum absolute atomic E-state index is 0.0760. The van der Waals surface area contributed by atoms with Crippen molar-refractivity contribution in [1.29, 1.82) is 0 Å². The number of nitrogens with one attached hydrogen (secondary N) is 1. The van der Waals surface area contributed by atoms with E-state index in [0.29, 0.717) is 19.2 Å². The average molecular weight is 304 g/mol. The van der Waals surface area contributed by atoms with E-state index in [1.807, 2.05) is 6.92 Å². The third kappa shape index (κ3) is 3.16. The van der Waals surface area contributed by atoms with Gasteiger partial charge in [-0.1, -0.05) is 6.92 Å². The van der Waals surface area contributed by atoms with E-state index in [2.05, 4.69) is 5.32 Å². The Morgan fingerprint density at radius 1 is 1.40 bits per heavy atom. The highest BCUT2D eigenvalue weighted by molar-refractivity contribution is 7.89. The molecule has 0 bridgehead atoms. The summed E-state index contributed by atoms with van der Waals surface area (Å²) in [6.45, 7) is 3.38. The summed E-state index contributed by atoms with van der Waals surface area (Å²) < 4.78 is 52.6. The van der Waals surface area contributed by atoms with Crippen molar-refractivity contribution in [3.8, 4) is 0 Å². The lowest BCUT2D eigenvalue weighted by Crippen LogP contribution is -2.48. The normalized spacial score (nSPS) is 21.1. The van der Waals surface area contributed by atoms with Crippen LogP contribution in [-0.4, -0.2) is 38.4 Å². The fourth-order valence-electron chi connectivity index (χ4n) is 2.44. The fourth-order valence-corrected chi connectivity index (χ4v) is 4.01. The zero-order valence-corrected chi connectivity index (χ0v) is 12.1. The lowest BCUT2D eigenvalue weighted by molar-refractivity contribution is 0.285. The molecule has 4 nitrogen and oxygen atoms in total. The monoisotopic (exact) mass is 304 g/mol. The molecule has 1 aliphatic heterocycles. The van der Waals surface area contributed by atoms with E-state index >= 15 is 0 Å². The SMILES string of the molecule is CCNC1CCCN(S(=O)(=O)c2ccc(F)cc2F)C1. The zero-order valence-electron chi connectivity index (χ0n) is 11.3. The summed E-state index contributed by atoms with van der Waals surface area (Å²) >= 11 is 0. The molecule has 7 heteroatoms. The van der Waals surface area contributed by atoms with E-state index in [-0.39, 0.29) is 6.04 Å². The van der Waals surface area contributed by atoms with Gasteiger partial charge in [-0.3, -0.25) is 0 Å². The lowest BCUT2D eigenvalue weighted by Gasteiger charge is -2.32. The number of nitrogens with zero attached hydrogens (tertiary/aromatic N) is 1. The second-order valence-corrected chi connectivity index (χ2v) is 6.74. The summed E-state index contributed by atoms with van der Waals surface area (Å²) in [4.78, 5) is -0.462. The van der Waals surface area contributed by atoms with Gasteiger partial charge in [-0.2, -0.15) is 4.31 Å². The van der Waals surface area contributed by atoms with Gasteiger partial charge in [0.1, 0.15) is 16.5 Å². The van der Waals surface area contributed by atoms with Gasteiger partial charge < -0.3 is 5.32 Å². The third-order valence-corrected chi connectivity index (χ3v) is 5.29. The number of likely N-dealkylation sites (N-methyl/N-ethyl adjacent to an activating group) is 1. The molecule has 112 valence electrons. The van der Waals surface area contributed by atoms with E-state index in [1.54, 1.807) is 0 Å². The van der Waals surface area contributed by atoms with Gasteiger partial charge in [0.05, 0.1) is 0 Å². The Balaban J connectivity index is 2.25. The van der Waals surface area contributed by atoms with Crippen LogP contribution >= 0.6 is 0 Å². The summed E-state index contributed by atoms with van der Waals surface area (Å²) in [5.74, 6) is -1.83. The molecule has 0 aromatic heterocycles. The fraction of sp³-hybridized carbons (Fsp3) is 0.538. The zero-order chi connectivity index (χ0) is 14.8. The van der Waals surface area contributed by atoms with E-state index in [0.717, 1.165) is 31.5 Å². The van der Waals surface area contributed by atoms with Crippen LogP contribution in [0.15, 0.2) is 23.1 Å². The Bertz CT molecular complexity index is 576. The highest BCUT2D eigenvalue weighted by Crippen LogP contribution is 2.23. The molecule has 0 radical (unpaired) electrons. The topological polar surface area (TPSA) is 49.4 Å². The first kappa shape index (κ1) is 15.3. The number of sulfonamides is 1. The summed E-state index contributed by atoms with van der Waals surface area (Å²) in [5, 5.41) is 3.20. The molecule has 0 spiro atoms. The van der Waals surface area contributed by atoms with Crippen LogP contribution in [0.2, 0.25) is 0 Å². The quantitative estimate of drug-likeness (QED) is 0.921. The minimum atomic E-state index is -3.91. The molecule has 0 saturated carbocycles. The highest BCUT2D eigenvalue weighted by atomic mass is 32.2. The maximum absolute atomic E-state index is 13.7. The molecule has 1 fully saturated rings. The second-order valence-electron chi connectivity index (χ2n) is 4.83. The van der Waals surface area contributed by atoms with Crippen LogP contribution in [0.25, 0.3) is 0 Å². The molecule has 1 N–H and O–H groups in total. The second kappa shape index (κ2) is 6.15. The van der Waals surface area contributed by atoms with E-state index in [1.165, 1.54) is 4.31 Å². The van der Waals surface area contributed by atoms with Crippen LogP contribution < -0.4 is 5.32 Å². The van der Waals surface area contributed by atoms with Crippen molar-refractivity contribution in [2.45, 2.75) is 30.7 Å². The molecular weight excluding hydrogens is 286 g/mol. The molecule has 1 heterocycles. The Kier molecular flexibility index (Phi) is 4.72. The van der Waals surface area contributed by atoms with Crippen LogP contribution in [0.1, 0.15) is 19.8 Å². The van der Waals surface area contributed by atoms with Gasteiger partial charge in [0, 0.05) is 25.2 Å². The van der Waals surface area contributed by atoms with E-state index in [4.69, 9.17) is 0 Å².